The number of carbonyl (C=O) groups excluding carboxylic acids is 2. The third-order valence-electron chi connectivity index (χ3n) is 5.52. The van der Waals surface area contributed by atoms with Gasteiger partial charge in [0.15, 0.2) is 11.5 Å². The van der Waals surface area contributed by atoms with E-state index < -0.39 is 11.9 Å². The molecule has 2 heterocycles. The number of rotatable bonds is 12. The molecule has 1 aromatic heterocycles. The molecule has 0 saturated carbocycles. The molecule has 0 fully saturated rings. The van der Waals surface area contributed by atoms with Crippen molar-refractivity contribution in [1.29, 1.82) is 0 Å². The minimum atomic E-state index is -0.458. The Balaban J connectivity index is 1.70. The molecule has 1 aromatic rings. The van der Waals surface area contributed by atoms with Gasteiger partial charge in [-0.1, -0.05) is 30.2 Å². The van der Waals surface area contributed by atoms with E-state index in [0.717, 1.165) is 44.9 Å². The lowest BCUT2D eigenvalue weighted by Gasteiger charge is -2.10. The molecule has 174 valence electrons. The number of allylic oxidation sites excluding steroid dienone is 5. The average molecular weight is 441 g/mol. The molecule has 0 N–H and O–H groups in total. The third kappa shape index (κ3) is 8.74. The second-order valence-electron chi connectivity index (χ2n) is 8.65. The fourth-order valence-corrected chi connectivity index (χ4v) is 3.60. The van der Waals surface area contributed by atoms with Gasteiger partial charge in [-0.2, -0.15) is 0 Å². The Morgan fingerprint density at radius 2 is 1.84 bits per heavy atom. The van der Waals surface area contributed by atoms with E-state index in [4.69, 9.17) is 13.9 Å². The summed E-state index contributed by atoms with van der Waals surface area (Å²) in [7, 11) is 0. The minimum Gasteiger partial charge on any atom is -0.472 e. The molecule has 0 unspecified atom stereocenters. The number of hydrogen-bond donors (Lipinski definition) is 0. The van der Waals surface area contributed by atoms with Crippen molar-refractivity contribution in [3.05, 3.63) is 70.6 Å². The summed E-state index contributed by atoms with van der Waals surface area (Å²) in [5.41, 5.74) is 4.41. The quantitative estimate of drug-likeness (QED) is 0.259. The molecule has 0 aromatic carbocycles. The van der Waals surface area contributed by atoms with Crippen LogP contribution in [0.25, 0.3) is 0 Å². The molecule has 1 aliphatic rings. The van der Waals surface area contributed by atoms with Crippen molar-refractivity contribution >= 4 is 11.9 Å². The summed E-state index contributed by atoms with van der Waals surface area (Å²) in [6, 6.07) is 2.02. The van der Waals surface area contributed by atoms with Gasteiger partial charge < -0.3 is 13.9 Å². The largest absolute Gasteiger partial charge is 0.472 e. The van der Waals surface area contributed by atoms with Crippen LogP contribution in [0.15, 0.2) is 69.5 Å². The van der Waals surface area contributed by atoms with E-state index in [2.05, 4.69) is 32.9 Å². The monoisotopic (exact) mass is 440 g/mol. The van der Waals surface area contributed by atoms with Crippen molar-refractivity contribution in [2.45, 2.75) is 79.6 Å². The van der Waals surface area contributed by atoms with Gasteiger partial charge in [-0.15, -0.1) is 0 Å². The van der Waals surface area contributed by atoms with Crippen LogP contribution in [0.3, 0.4) is 0 Å². The molecule has 1 atom stereocenters. The first-order valence-electron chi connectivity index (χ1n) is 11.4. The van der Waals surface area contributed by atoms with Gasteiger partial charge in [0, 0.05) is 6.92 Å². The molecule has 0 amide bonds. The maximum Gasteiger partial charge on any atom is 0.343 e. The number of furan rings is 1. The molecular formula is C27H36O5. The fraction of sp³-hybridized carbons (Fsp3) is 0.481. The summed E-state index contributed by atoms with van der Waals surface area (Å²) in [5.74, 6) is -0.0946. The van der Waals surface area contributed by atoms with Crippen LogP contribution in [0.5, 0.6) is 0 Å². The van der Waals surface area contributed by atoms with Crippen molar-refractivity contribution < 1.29 is 23.5 Å². The summed E-state index contributed by atoms with van der Waals surface area (Å²) in [4.78, 5) is 23.1. The van der Waals surface area contributed by atoms with Crippen molar-refractivity contribution in [1.82, 2.24) is 0 Å². The van der Waals surface area contributed by atoms with Crippen LogP contribution in [0.1, 0.15) is 78.7 Å². The summed E-state index contributed by atoms with van der Waals surface area (Å²) >= 11 is 0. The highest BCUT2D eigenvalue weighted by molar-refractivity contribution is 5.94. The van der Waals surface area contributed by atoms with Gasteiger partial charge >= 0.3 is 11.9 Å². The topological polar surface area (TPSA) is 65.7 Å². The summed E-state index contributed by atoms with van der Waals surface area (Å²) < 4.78 is 15.5. The number of ether oxygens (including phenoxy) is 2. The molecule has 0 spiro atoms. The number of carbonyl (C=O) groups is 2. The smallest absolute Gasteiger partial charge is 0.343 e. The molecule has 2 rings (SSSR count). The van der Waals surface area contributed by atoms with Gasteiger partial charge in [0.2, 0.25) is 0 Å². The Morgan fingerprint density at radius 3 is 2.53 bits per heavy atom. The molecule has 0 saturated heterocycles. The molecule has 0 radical (unpaired) electrons. The minimum absolute atomic E-state index is 0.211. The van der Waals surface area contributed by atoms with E-state index in [1.54, 1.807) is 13.2 Å². The summed E-state index contributed by atoms with van der Waals surface area (Å²) in [6.45, 7) is 9.39. The summed E-state index contributed by atoms with van der Waals surface area (Å²) in [6.07, 6.45) is 17.3. The lowest BCUT2D eigenvalue weighted by atomic mass is 9.99. The number of cyclic esters (lactones) is 1. The van der Waals surface area contributed by atoms with Gasteiger partial charge in [-0.25, -0.2) is 4.79 Å². The zero-order valence-corrected chi connectivity index (χ0v) is 20.0. The maximum atomic E-state index is 11.8. The first-order valence-corrected chi connectivity index (χ1v) is 11.4. The Labute approximate surface area is 191 Å². The SMILES string of the molecule is CC(=O)OC1=C(C)C(=O)OC1=C[C@H](C)CCCC(C)=CCCC(C)=CCCc1ccoc1. The highest BCUT2D eigenvalue weighted by atomic mass is 16.6. The van der Waals surface area contributed by atoms with E-state index in [0.29, 0.717) is 11.3 Å². The Bertz CT molecular complexity index is 896. The predicted octanol–water partition coefficient (Wildman–Crippen LogP) is 6.97. The highest BCUT2D eigenvalue weighted by Gasteiger charge is 2.29. The van der Waals surface area contributed by atoms with E-state index in [1.165, 1.54) is 23.6 Å². The molecular weight excluding hydrogens is 404 g/mol. The first kappa shape index (κ1) is 25.4. The number of esters is 2. The van der Waals surface area contributed by atoms with Crippen LogP contribution >= 0.6 is 0 Å². The van der Waals surface area contributed by atoms with Crippen LogP contribution in [-0.4, -0.2) is 11.9 Å². The van der Waals surface area contributed by atoms with E-state index in [1.807, 2.05) is 18.4 Å². The molecule has 0 aliphatic carbocycles. The van der Waals surface area contributed by atoms with Crippen LogP contribution < -0.4 is 0 Å². The fourth-order valence-electron chi connectivity index (χ4n) is 3.60. The Morgan fingerprint density at radius 1 is 1.12 bits per heavy atom. The number of hydrogen-bond acceptors (Lipinski definition) is 5. The second-order valence-corrected chi connectivity index (χ2v) is 8.65. The Hall–Kier alpha value is -2.82. The normalized spacial score (nSPS) is 17.2. The van der Waals surface area contributed by atoms with Crippen LogP contribution in [0, 0.1) is 5.92 Å². The average Bonchev–Trinajstić information content (AvgIpc) is 3.32. The van der Waals surface area contributed by atoms with E-state index in [9.17, 15) is 9.59 Å². The molecule has 5 nitrogen and oxygen atoms in total. The Kier molecular flexibility index (Phi) is 10.3. The van der Waals surface area contributed by atoms with Gasteiger partial charge in [0.1, 0.15) is 0 Å². The summed E-state index contributed by atoms with van der Waals surface area (Å²) in [5, 5.41) is 0. The van der Waals surface area contributed by atoms with E-state index in [-0.39, 0.29) is 11.7 Å². The lowest BCUT2D eigenvalue weighted by molar-refractivity contribution is -0.137. The third-order valence-corrected chi connectivity index (χ3v) is 5.52. The van der Waals surface area contributed by atoms with Gasteiger partial charge in [0.05, 0.1) is 18.1 Å². The standard InChI is InChI=1S/C27H36O5/c1-19(9-6-10-20(2)12-8-14-24-15-16-30-18-24)11-7-13-21(3)17-25-26(31-23(5)28)22(4)27(29)32-25/h9,12,15-18,21H,6-8,10-11,13-14H2,1-5H3/t21-/m1/s1. The van der Waals surface area contributed by atoms with Crippen LogP contribution in [0.2, 0.25) is 0 Å². The van der Waals surface area contributed by atoms with Gasteiger partial charge in [0.25, 0.3) is 0 Å². The van der Waals surface area contributed by atoms with Gasteiger partial charge in [-0.05, 0) is 89.3 Å². The lowest BCUT2D eigenvalue weighted by Crippen LogP contribution is -2.02. The molecule has 1 aliphatic heterocycles. The van der Waals surface area contributed by atoms with Gasteiger partial charge in [-0.3, -0.25) is 4.79 Å². The first-order chi connectivity index (χ1) is 15.3. The van der Waals surface area contributed by atoms with E-state index >= 15 is 0 Å². The number of aryl methyl sites for hydroxylation is 1. The predicted molar refractivity (Wildman–Crippen MR) is 125 cm³/mol. The molecule has 0 bridgehead atoms. The van der Waals surface area contributed by atoms with Crippen LogP contribution in [-0.2, 0) is 25.5 Å². The zero-order chi connectivity index (χ0) is 23.5. The zero-order valence-electron chi connectivity index (χ0n) is 20.0. The van der Waals surface area contributed by atoms with Crippen LogP contribution in [0.4, 0.5) is 0 Å². The molecule has 5 heteroatoms. The van der Waals surface area contributed by atoms with Crippen molar-refractivity contribution in [2.75, 3.05) is 0 Å². The highest BCUT2D eigenvalue weighted by Crippen LogP contribution is 2.29. The van der Waals surface area contributed by atoms with Crippen molar-refractivity contribution in [3.63, 3.8) is 0 Å². The van der Waals surface area contributed by atoms with Crippen molar-refractivity contribution in [2.24, 2.45) is 5.92 Å². The second kappa shape index (κ2) is 12.9. The molecule has 32 heavy (non-hydrogen) atoms. The van der Waals surface area contributed by atoms with Crippen molar-refractivity contribution in [3.8, 4) is 0 Å². The maximum absolute atomic E-state index is 11.8.